The average Bonchev–Trinajstić information content (AvgIpc) is 2.50. The van der Waals surface area contributed by atoms with Gasteiger partial charge in [0.25, 0.3) is 0 Å². The molecule has 0 saturated heterocycles. The molecule has 0 heterocycles. The maximum atomic E-state index is 10.7. The summed E-state index contributed by atoms with van der Waals surface area (Å²) in [4.78, 5) is 22.0. The zero-order valence-electron chi connectivity index (χ0n) is 13.0. The second-order valence-electron chi connectivity index (χ2n) is 4.80. The Bertz CT molecular complexity index is 729. The van der Waals surface area contributed by atoms with Crippen molar-refractivity contribution in [3.8, 4) is 0 Å². The van der Waals surface area contributed by atoms with Crippen molar-refractivity contribution in [2.75, 3.05) is 6.26 Å². The molecular formula is C17H17ClO4S. The van der Waals surface area contributed by atoms with Crippen molar-refractivity contribution in [1.82, 2.24) is 0 Å². The minimum Gasteiger partial charge on any atom is -0.478 e. The van der Waals surface area contributed by atoms with Gasteiger partial charge in [0, 0.05) is 4.90 Å². The first-order chi connectivity index (χ1) is 10.8. The summed E-state index contributed by atoms with van der Waals surface area (Å²) in [6.45, 7) is 3.71. The summed E-state index contributed by atoms with van der Waals surface area (Å²) in [5, 5.41) is 17.7. The van der Waals surface area contributed by atoms with Crippen molar-refractivity contribution < 1.29 is 19.8 Å². The predicted molar refractivity (Wildman–Crippen MR) is 93.1 cm³/mol. The number of carbonyl (C=O) groups is 2. The lowest BCUT2D eigenvalue weighted by Crippen LogP contribution is -1.98. The van der Waals surface area contributed by atoms with Gasteiger partial charge in [0.05, 0.1) is 16.1 Å². The highest BCUT2D eigenvalue weighted by Crippen LogP contribution is 2.21. The van der Waals surface area contributed by atoms with Crippen LogP contribution in [0, 0.1) is 13.8 Å². The van der Waals surface area contributed by atoms with Crippen molar-refractivity contribution in [2.45, 2.75) is 18.7 Å². The number of benzene rings is 2. The van der Waals surface area contributed by atoms with Crippen molar-refractivity contribution in [3.05, 3.63) is 63.7 Å². The summed E-state index contributed by atoms with van der Waals surface area (Å²) < 4.78 is 0. The highest BCUT2D eigenvalue weighted by Gasteiger charge is 2.08. The molecule has 2 aromatic rings. The number of rotatable bonds is 3. The molecule has 0 aliphatic heterocycles. The van der Waals surface area contributed by atoms with Crippen LogP contribution in [0.5, 0.6) is 0 Å². The SMILES string of the molecule is CSc1ccc(C)cc1C(=O)O.Cc1ccc(Cl)c(C(=O)O)c1. The lowest BCUT2D eigenvalue weighted by molar-refractivity contribution is 0.0684. The van der Waals surface area contributed by atoms with E-state index in [4.69, 9.17) is 21.8 Å². The predicted octanol–water partition coefficient (Wildman–Crippen LogP) is 4.76. The Morgan fingerprint density at radius 1 is 0.913 bits per heavy atom. The Labute approximate surface area is 144 Å². The molecule has 23 heavy (non-hydrogen) atoms. The molecule has 2 aromatic carbocycles. The largest absolute Gasteiger partial charge is 0.478 e. The molecule has 122 valence electrons. The number of halogens is 1. The van der Waals surface area contributed by atoms with Crippen LogP contribution in [0.15, 0.2) is 41.3 Å². The molecular weight excluding hydrogens is 336 g/mol. The molecule has 0 amide bonds. The molecule has 0 aliphatic rings. The van der Waals surface area contributed by atoms with Gasteiger partial charge in [-0.15, -0.1) is 11.8 Å². The second kappa shape index (κ2) is 8.60. The van der Waals surface area contributed by atoms with Gasteiger partial charge in [-0.3, -0.25) is 0 Å². The molecule has 6 heteroatoms. The Kier molecular flexibility index (Phi) is 7.13. The van der Waals surface area contributed by atoms with Gasteiger partial charge >= 0.3 is 11.9 Å². The lowest BCUT2D eigenvalue weighted by Gasteiger charge is -2.02. The summed E-state index contributed by atoms with van der Waals surface area (Å²) in [5.74, 6) is -1.85. The number of aromatic carboxylic acids is 2. The van der Waals surface area contributed by atoms with Crippen LogP contribution in [0.25, 0.3) is 0 Å². The summed E-state index contributed by atoms with van der Waals surface area (Å²) >= 11 is 7.06. The number of thioether (sulfide) groups is 1. The van der Waals surface area contributed by atoms with Crippen LogP contribution in [0.4, 0.5) is 0 Å². The van der Waals surface area contributed by atoms with E-state index >= 15 is 0 Å². The summed E-state index contributed by atoms with van der Waals surface area (Å²) in [6, 6.07) is 10.3. The van der Waals surface area contributed by atoms with Crippen LogP contribution in [0.1, 0.15) is 31.8 Å². The van der Waals surface area contributed by atoms with E-state index in [0.29, 0.717) is 5.56 Å². The van der Waals surface area contributed by atoms with Gasteiger partial charge in [-0.2, -0.15) is 0 Å². The normalized spacial score (nSPS) is 9.74. The third-order valence-corrected chi connectivity index (χ3v) is 4.06. The Morgan fingerprint density at radius 3 is 1.83 bits per heavy atom. The van der Waals surface area contributed by atoms with Crippen molar-refractivity contribution in [3.63, 3.8) is 0 Å². The molecule has 2 rings (SSSR count). The number of hydrogen-bond donors (Lipinski definition) is 2. The van der Waals surface area contributed by atoms with E-state index < -0.39 is 11.9 Å². The van der Waals surface area contributed by atoms with Gasteiger partial charge < -0.3 is 10.2 Å². The average molecular weight is 353 g/mol. The highest BCUT2D eigenvalue weighted by atomic mass is 35.5. The summed E-state index contributed by atoms with van der Waals surface area (Å²) in [6.07, 6.45) is 1.87. The zero-order chi connectivity index (χ0) is 17.6. The molecule has 0 aliphatic carbocycles. The van der Waals surface area contributed by atoms with Crippen LogP contribution in [0.2, 0.25) is 5.02 Å². The molecule has 0 bridgehead atoms. The first-order valence-corrected chi connectivity index (χ1v) is 8.24. The molecule has 2 N–H and O–H groups in total. The van der Waals surface area contributed by atoms with Crippen molar-refractivity contribution in [2.24, 2.45) is 0 Å². The van der Waals surface area contributed by atoms with Gasteiger partial charge in [-0.1, -0.05) is 34.9 Å². The minimum absolute atomic E-state index is 0.159. The number of aryl methyl sites for hydroxylation is 2. The third-order valence-electron chi connectivity index (χ3n) is 2.94. The van der Waals surface area contributed by atoms with E-state index in [2.05, 4.69) is 0 Å². The first kappa shape index (κ1) is 19.1. The van der Waals surface area contributed by atoms with Crippen LogP contribution >= 0.6 is 23.4 Å². The van der Waals surface area contributed by atoms with E-state index in [0.717, 1.165) is 16.0 Å². The molecule has 0 unspecified atom stereocenters. The standard InChI is InChI=1S/C9H10O2S.C8H7ClO2/c1-6-3-4-8(12-2)7(5-6)9(10)11;1-5-2-3-7(9)6(4-5)8(10)11/h3-5H,1-2H3,(H,10,11);2-4H,1H3,(H,10,11). The van der Waals surface area contributed by atoms with Crippen LogP contribution < -0.4 is 0 Å². The second-order valence-corrected chi connectivity index (χ2v) is 6.05. The number of hydrogen-bond acceptors (Lipinski definition) is 3. The molecule has 0 radical (unpaired) electrons. The smallest absolute Gasteiger partial charge is 0.337 e. The van der Waals surface area contributed by atoms with Gasteiger partial charge in [0.1, 0.15) is 0 Å². The topological polar surface area (TPSA) is 74.6 Å². The fourth-order valence-corrected chi connectivity index (χ4v) is 2.56. The van der Waals surface area contributed by atoms with Crippen molar-refractivity contribution in [1.29, 1.82) is 0 Å². The van der Waals surface area contributed by atoms with E-state index in [9.17, 15) is 9.59 Å². The molecule has 0 aromatic heterocycles. The van der Waals surface area contributed by atoms with E-state index in [-0.39, 0.29) is 10.6 Å². The maximum absolute atomic E-state index is 10.7. The van der Waals surface area contributed by atoms with E-state index in [1.807, 2.05) is 32.2 Å². The molecule has 0 atom stereocenters. The molecule has 4 nitrogen and oxygen atoms in total. The fraction of sp³-hybridized carbons (Fsp3) is 0.176. The Hall–Kier alpha value is -1.98. The fourth-order valence-electron chi connectivity index (χ4n) is 1.79. The number of carboxylic acid groups (broad SMARTS) is 2. The number of carboxylic acids is 2. The van der Waals surface area contributed by atoms with Gasteiger partial charge in [0.2, 0.25) is 0 Å². The minimum atomic E-state index is -0.987. The van der Waals surface area contributed by atoms with Crippen LogP contribution in [-0.2, 0) is 0 Å². The van der Waals surface area contributed by atoms with Gasteiger partial charge in [-0.05, 0) is 44.4 Å². The molecule has 0 fully saturated rings. The van der Waals surface area contributed by atoms with Crippen LogP contribution in [-0.4, -0.2) is 28.4 Å². The monoisotopic (exact) mass is 352 g/mol. The van der Waals surface area contributed by atoms with Crippen LogP contribution in [0.3, 0.4) is 0 Å². The Balaban J connectivity index is 0.000000231. The Morgan fingerprint density at radius 2 is 1.39 bits per heavy atom. The maximum Gasteiger partial charge on any atom is 0.337 e. The highest BCUT2D eigenvalue weighted by molar-refractivity contribution is 7.98. The summed E-state index contributed by atoms with van der Waals surface area (Å²) in [7, 11) is 0. The molecule has 0 saturated carbocycles. The lowest BCUT2D eigenvalue weighted by atomic mass is 10.1. The zero-order valence-corrected chi connectivity index (χ0v) is 14.5. The van der Waals surface area contributed by atoms with Gasteiger partial charge in [0.15, 0.2) is 0 Å². The van der Waals surface area contributed by atoms with E-state index in [1.54, 1.807) is 24.3 Å². The first-order valence-electron chi connectivity index (χ1n) is 6.63. The summed E-state index contributed by atoms with van der Waals surface area (Å²) in [5.41, 5.74) is 2.42. The van der Waals surface area contributed by atoms with Crippen molar-refractivity contribution >= 4 is 35.3 Å². The molecule has 0 spiro atoms. The quantitative estimate of drug-likeness (QED) is 0.779. The van der Waals surface area contributed by atoms with E-state index in [1.165, 1.54) is 11.8 Å². The third kappa shape index (κ3) is 5.62. The van der Waals surface area contributed by atoms with Gasteiger partial charge in [-0.25, -0.2) is 9.59 Å².